The molecular formula is C20H23N3OS. The Balaban J connectivity index is 1.81. The number of rotatable bonds is 3. The van der Waals surface area contributed by atoms with Crippen LogP contribution in [0.5, 0.6) is 0 Å². The van der Waals surface area contributed by atoms with E-state index >= 15 is 0 Å². The fourth-order valence-electron chi connectivity index (χ4n) is 3.29. The first kappa shape index (κ1) is 17.8. The molecule has 0 radical (unpaired) electrons. The number of carbonyl (C=O) groups excluding carboxylic acids is 1. The summed E-state index contributed by atoms with van der Waals surface area (Å²) in [6.07, 6.45) is 2.27. The molecule has 0 aliphatic carbocycles. The van der Waals surface area contributed by atoms with Crippen LogP contribution < -0.4 is 0 Å². The van der Waals surface area contributed by atoms with Crippen molar-refractivity contribution in [3.8, 4) is 6.07 Å². The van der Waals surface area contributed by atoms with Gasteiger partial charge in [-0.1, -0.05) is 30.8 Å². The molecule has 1 saturated heterocycles. The average Bonchev–Trinajstić information content (AvgIpc) is 2.62. The van der Waals surface area contributed by atoms with Gasteiger partial charge < -0.3 is 4.90 Å². The topological polar surface area (TPSA) is 57.0 Å². The van der Waals surface area contributed by atoms with Gasteiger partial charge in [0.25, 0.3) is 0 Å². The van der Waals surface area contributed by atoms with Crippen molar-refractivity contribution in [1.29, 1.82) is 5.26 Å². The summed E-state index contributed by atoms with van der Waals surface area (Å²) in [5.74, 6) is 1.05. The van der Waals surface area contributed by atoms with Crippen LogP contribution in [0.1, 0.15) is 36.5 Å². The molecule has 5 heteroatoms. The van der Waals surface area contributed by atoms with Crippen LogP contribution in [0.3, 0.4) is 0 Å². The number of hydrogen-bond donors (Lipinski definition) is 0. The Morgan fingerprint density at radius 2 is 2.24 bits per heavy atom. The van der Waals surface area contributed by atoms with Gasteiger partial charge in [-0.3, -0.25) is 4.79 Å². The zero-order chi connectivity index (χ0) is 18.0. The van der Waals surface area contributed by atoms with Gasteiger partial charge >= 0.3 is 0 Å². The number of pyridine rings is 1. The number of fused-ring (bicyclic) bond motifs is 1. The van der Waals surface area contributed by atoms with Crippen LogP contribution in [0.15, 0.2) is 23.2 Å². The fourth-order valence-corrected chi connectivity index (χ4v) is 4.15. The normalized spacial score (nSPS) is 17.5. The molecule has 1 fully saturated rings. The van der Waals surface area contributed by atoms with Crippen molar-refractivity contribution in [3.05, 3.63) is 34.9 Å². The lowest BCUT2D eigenvalue weighted by Gasteiger charge is -2.30. The third kappa shape index (κ3) is 3.80. The van der Waals surface area contributed by atoms with E-state index in [1.807, 2.05) is 30.0 Å². The van der Waals surface area contributed by atoms with Crippen molar-refractivity contribution in [3.63, 3.8) is 0 Å². The molecule has 1 aromatic carbocycles. The lowest BCUT2D eigenvalue weighted by molar-refractivity contribution is -0.130. The smallest absolute Gasteiger partial charge is 0.232 e. The maximum Gasteiger partial charge on any atom is 0.232 e. The van der Waals surface area contributed by atoms with Crippen molar-refractivity contribution in [2.75, 3.05) is 18.8 Å². The number of likely N-dealkylation sites (tertiary alicyclic amines) is 1. The molecule has 3 rings (SSSR count). The van der Waals surface area contributed by atoms with Crippen LogP contribution in [-0.2, 0) is 4.79 Å². The zero-order valence-electron chi connectivity index (χ0n) is 15.0. The second-order valence-corrected chi connectivity index (χ2v) is 7.87. The number of aromatic nitrogens is 1. The van der Waals surface area contributed by atoms with E-state index in [1.165, 1.54) is 23.7 Å². The van der Waals surface area contributed by atoms with Crippen LogP contribution in [0, 0.1) is 31.1 Å². The van der Waals surface area contributed by atoms with E-state index in [-0.39, 0.29) is 5.91 Å². The molecular weight excluding hydrogens is 330 g/mol. The summed E-state index contributed by atoms with van der Waals surface area (Å²) in [5.41, 5.74) is 3.76. The first-order valence-electron chi connectivity index (χ1n) is 8.71. The molecule has 0 N–H and O–H groups in total. The number of nitriles is 1. The number of piperidine rings is 1. The lowest BCUT2D eigenvalue weighted by Crippen LogP contribution is -2.40. The second-order valence-electron chi connectivity index (χ2n) is 6.91. The fraction of sp³-hybridized carbons (Fsp3) is 0.450. The highest BCUT2D eigenvalue weighted by Gasteiger charge is 2.21. The van der Waals surface area contributed by atoms with Gasteiger partial charge in [0.15, 0.2) is 0 Å². The van der Waals surface area contributed by atoms with E-state index in [1.54, 1.807) is 0 Å². The molecule has 25 heavy (non-hydrogen) atoms. The minimum atomic E-state index is 0.142. The number of aryl methyl sites for hydroxylation is 2. The Labute approximate surface area is 153 Å². The predicted octanol–water partition coefficient (Wildman–Crippen LogP) is 4.07. The van der Waals surface area contributed by atoms with E-state index in [0.29, 0.717) is 22.3 Å². The predicted molar refractivity (Wildman–Crippen MR) is 102 cm³/mol. The van der Waals surface area contributed by atoms with Crippen LogP contribution in [0.25, 0.3) is 10.9 Å². The molecule has 0 bridgehead atoms. The molecule has 1 amide bonds. The molecule has 2 aromatic rings. The molecule has 0 saturated carbocycles. The molecule has 4 nitrogen and oxygen atoms in total. The monoisotopic (exact) mass is 353 g/mol. The van der Waals surface area contributed by atoms with Gasteiger partial charge in [-0.25, -0.2) is 4.98 Å². The van der Waals surface area contributed by atoms with Gasteiger partial charge in [0.1, 0.15) is 11.1 Å². The molecule has 0 spiro atoms. The summed E-state index contributed by atoms with van der Waals surface area (Å²) in [7, 11) is 0. The summed E-state index contributed by atoms with van der Waals surface area (Å²) >= 11 is 1.38. The standard InChI is InChI=1S/C20H23N3OS/c1-13-5-4-8-23(11-13)18(24)12-25-20-17(10-21)9-16-7-6-14(2)15(3)19(16)22-20/h6-7,9,13H,4-5,8,11-12H2,1-3H3/t13-/m0/s1. The third-order valence-electron chi connectivity index (χ3n) is 4.94. The third-order valence-corrected chi connectivity index (χ3v) is 5.92. The van der Waals surface area contributed by atoms with E-state index < -0.39 is 0 Å². The summed E-state index contributed by atoms with van der Waals surface area (Å²) in [6.45, 7) is 7.98. The number of amides is 1. The van der Waals surface area contributed by atoms with Crippen molar-refractivity contribution in [1.82, 2.24) is 9.88 Å². The summed E-state index contributed by atoms with van der Waals surface area (Å²) < 4.78 is 0. The zero-order valence-corrected chi connectivity index (χ0v) is 15.8. The minimum absolute atomic E-state index is 0.142. The van der Waals surface area contributed by atoms with Crippen LogP contribution in [0.2, 0.25) is 0 Å². The van der Waals surface area contributed by atoms with Gasteiger partial charge in [0.2, 0.25) is 5.91 Å². The van der Waals surface area contributed by atoms with Crippen molar-refractivity contribution < 1.29 is 4.79 Å². The number of carbonyl (C=O) groups is 1. The first-order chi connectivity index (χ1) is 12.0. The van der Waals surface area contributed by atoms with Crippen molar-refractivity contribution >= 4 is 28.6 Å². The number of nitrogens with zero attached hydrogens (tertiary/aromatic N) is 3. The highest BCUT2D eigenvalue weighted by Crippen LogP contribution is 2.28. The molecule has 0 unspecified atom stereocenters. The van der Waals surface area contributed by atoms with E-state index in [4.69, 9.17) is 4.98 Å². The van der Waals surface area contributed by atoms with Gasteiger partial charge in [-0.15, -0.1) is 0 Å². The van der Waals surface area contributed by atoms with Gasteiger partial charge in [0.05, 0.1) is 16.8 Å². The van der Waals surface area contributed by atoms with E-state index in [2.05, 4.69) is 19.9 Å². The molecule has 1 atom stereocenters. The van der Waals surface area contributed by atoms with Gasteiger partial charge in [-0.2, -0.15) is 5.26 Å². The number of benzene rings is 1. The minimum Gasteiger partial charge on any atom is -0.342 e. The second kappa shape index (κ2) is 7.45. The SMILES string of the molecule is Cc1ccc2cc(C#N)c(SCC(=O)N3CCC[C@H](C)C3)nc2c1C. The first-order valence-corrected chi connectivity index (χ1v) is 9.69. The quantitative estimate of drug-likeness (QED) is 0.781. The Kier molecular flexibility index (Phi) is 5.29. The van der Waals surface area contributed by atoms with E-state index in [0.717, 1.165) is 36.0 Å². The van der Waals surface area contributed by atoms with Gasteiger partial charge in [-0.05, 0) is 49.8 Å². The van der Waals surface area contributed by atoms with Crippen molar-refractivity contribution in [2.24, 2.45) is 5.92 Å². The summed E-state index contributed by atoms with van der Waals surface area (Å²) in [6, 6.07) is 8.15. The summed E-state index contributed by atoms with van der Waals surface area (Å²) in [5, 5.41) is 11.1. The Morgan fingerprint density at radius 3 is 2.96 bits per heavy atom. The summed E-state index contributed by atoms with van der Waals surface area (Å²) in [4.78, 5) is 19.2. The molecule has 1 aliphatic heterocycles. The van der Waals surface area contributed by atoms with Crippen molar-refractivity contribution in [2.45, 2.75) is 38.6 Å². The molecule has 1 aliphatic rings. The maximum absolute atomic E-state index is 12.5. The van der Waals surface area contributed by atoms with E-state index in [9.17, 15) is 10.1 Å². The average molecular weight is 353 g/mol. The van der Waals surface area contributed by atoms with Crippen LogP contribution >= 0.6 is 11.8 Å². The largest absolute Gasteiger partial charge is 0.342 e. The van der Waals surface area contributed by atoms with Gasteiger partial charge in [0, 0.05) is 18.5 Å². The van der Waals surface area contributed by atoms with Crippen LogP contribution in [0.4, 0.5) is 0 Å². The Morgan fingerprint density at radius 1 is 1.44 bits per heavy atom. The Bertz CT molecular complexity index is 856. The molecule has 1 aromatic heterocycles. The highest BCUT2D eigenvalue weighted by molar-refractivity contribution is 8.00. The highest BCUT2D eigenvalue weighted by atomic mass is 32.2. The number of thioether (sulfide) groups is 1. The van der Waals surface area contributed by atoms with Crippen LogP contribution in [-0.4, -0.2) is 34.6 Å². The molecule has 130 valence electrons. The lowest BCUT2D eigenvalue weighted by atomic mass is 10.0. The Hall–Kier alpha value is -2.06. The molecule has 2 heterocycles. The number of hydrogen-bond acceptors (Lipinski definition) is 4. The maximum atomic E-state index is 12.5.